The van der Waals surface area contributed by atoms with E-state index in [-0.39, 0.29) is 18.1 Å². The number of carbonyl (C=O) groups is 1. The van der Waals surface area contributed by atoms with Crippen LogP contribution < -0.4 is 4.74 Å². The van der Waals surface area contributed by atoms with Gasteiger partial charge in [0, 0.05) is 25.4 Å². The van der Waals surface area contributed by atoms with E-state index in [1.165, 1.54) is 0 Å². The Kier molecular flexibility index (Phi) is 4.49. The summed E-state index contributed by atoms with van der Waals surface area (Å²) in [5.74, 6) is 0.624. The molecule has 1 amide bonds. The third kappa shape index (κ3) is 3.23. The molecule has 1 saturated heterocycles. The number of amides is 1. The fraction of sp³-hybridized carbons (Fsp3) is 0.333. The first-order valence-electron chi connectivity index (χ1n) is 8.41. The topological polar surface area (TPSA) is 93.2 Å². The number of aromatic amines is 1. The second-order valence-corrected chi connectivity index (χ2v) is 6.23. The Bertz CT molecular complexity index is 898. The van der Waals surface area contributed by atoms with Gasteiger partial charge in [-0.2, -0.15) is 15.4 Å². The van der Waals surface area contributed by atoms with Crippen molar-refractivity contribution in [2.75, 3.05) is 20.3 Å². The average Bonchev–Trinajstić information content (AvgIpc) is 3.32. The molecule has 8 heteroatoms. The van der Waals surface area contributed by atoms with Gasteiger partial charge in [0.1, 0.15) is 23.4 Å². The van der Waals surface area contributed by atoms with Gasteiger partial charge in [-0.05, 0) is 36.8 Å². The van der Waals surface area contributed by atoms with Gasteiger partial charge in [-0.1, -0.05) is 0 Å². The summed E-state index contributed by atoms with van der Waals surface area (Å²) < 4.78 is 11.3. The number of methoxy groups -OCH3 is 1. The second-order valence-electron chi connectivity index (χ2n) is 6.23. The van der Waals surface area contributed by atoms with Crippen LogP contribution in [0.2, 0.25) is 0 Å². The predicted molar refractivity (Wildman–Crippen MR) is 93.9 cm³/mol. The lowest BCUT2D eigenvalue weighted by Gasteiger charge is -2.24. The SMILES string of the molecule is CO[C@@H]1C[C@@H](COc2cccnc2)N(C(=O)c2ccc3n[nH]nc3c2)C1. The van der Waals surface area contributed by atoms with Crippen LogP contribution in [0.15, 0.2) is 42.7 Å². The highest BCUT2D eigenvalue weighted by Crippen LogP contribution is 2.24. The van der Waals surface area contributed by atoms with E-state index < -0.39 is 0 Å². The van der Waals surface area contributed by atoms with Crippen molar-refractivity contribution in [1.29, 1.82) is 0 Å². The van der Waals surface area contributed by atoms with Crippen LogP contribution in [0.3, 0.4) is 0 Å². The van der Waals surface area contributed by atoms with E-state index in [4.69, 9.17) is 9.47 Å². The summed E-state index contributed by atoms with van der Waals surface area (Å²) >= 11 is 0. The van der Waals surface area contributed by atoms with Crippen LogP contribution in [0.4, 0.5) is 0 Å². The molecule has 3 aromatic rings. The van der Waals surface area contributed by atoms with Crippen molar-refractivity contribution in [3.63, 3.8) is 0 Å². The molecule has 2 atom stereocenters. The largest absolute Gasteiger partial charge is 0.490 e. The highest BCUT2D eigenvalue weighted by molar-refractivity contribution is 5.97. The quantitative estimate of drug-likeness (QED) is 0.750. The number of benzene rings is 1. The zero-order chi connectivity index (χ0) is 17.9. The number of aromatic nitrogens is 4. The Hall–Kier alpha value is -3.00. The molecule has 0 aliphatic carbocycles. The molecule has 1 N–H and O–H groups in total. The highest BCUT2D eigenvalue weighted by atomic mass is 16.5. The number of nitrogens with zero attached hydrogens (tertiary/aromatic N) is 4. The molecule has 0 radical (unpaired) electrons. The molecule has 3 heterocycles. The summed E-state index contributed by atoms with van der Waals surface area (Å²) in [6.07, 6.45) is 4.08. The van der Waals surface area contributed by atoms with Crippen LogP contribution in [0.25, 0.3) is 11.0 Å². The Morgan fingerprint density at radius 1 is 1.31 bits per heavy atom. The molecule has 0 spiro atoms. The van der Waals surface area contributed by atoms with Gasteiger partial charge in [-0.25, -0.2) is 0 Å². The Morgan fingerprint density at radius 2 is 2.19 bits per heavy atom. The number of pyridine rings is 1. The van der Waals surface area contributed by atoms with Gasteiger partial charge in [-0.15, -0.1) is 0 Å². The zero-order valence-electron chi connectivity index (χ0n) is 14.3. The van der Waals surface area contributed by atoms with E-state index in [0.717, 1.165) is 11.9 Å². The van der Waals surface area contributed by atoms with E-state index in [2.05, 4.69) is 20.4 Å². The standard InChI is InChI=1S/C18H19N5O3/c1-25-15-8-13(11-26-14-3-2-6-19-9-14)23(10-15)18(24)12-4-5-16-17(7-12)21-22-20-16/h2-7,9,13,15H,8,10-11H2,1H3,(H,20,21,22)/t13-,15+/m0/s1. The number of likely N-dealkylation sites (tertiary alicyclic amines) is 1. The van der Waals surface area contributed by atoms with Gasteiger partial charge in [0.2, 0.25) is 0 Å². The number of hydrogen-bond acceptors (Lipinski definition) is 6. The van der Waals surface area contributed by atoms with Gasteiger partial charge in [-0.3, -0.25) is 9.78 Å². The number of nitrogens with one attached hydrogen (secondary N) is 1. The Morgan fingerprint density at radius 3 is 3.00 bits per heavy atom. The van der Waals surface area contributed by atoms with Crippen molar-refractivity contribution < 1.29 is 14.3 Å². The second kappa shape index (κ2) is 7.09. The molecule has 0 unspecified atom stereocenters. The predicted octanol–water partition coefficient (Wildman–Crippen LogP) is 1.66. The molecule has 0 bridgehead atoms. The number of hydrogen-bond donors (Lipinski definition) is 1. The monoisotopic (exact) mass is 353 g/mol. The first-order chi connectivity index (χ1) is 12.7. The summed E-state index contributed by atoms with van der Waals surface area (Å²) in [5.41, 5.74) is 1.98. The molecule has 8 nitrogen and oxygen atoms in total. The average molecular weight is 353 g/mol. The van der Waals surface area contributed by atoms with Crippen LogP contribution in [0.1, 0.15) is 16.8 Å². The third-order valence-corrected chi connectivity index (χ3v) is 4.61. The molecule has 1 aromatic carbocycles. The minimum absolute atomic E-state index is 0.00257. The first kappa shape index (κ1) is 16.5. The summed E-state index contributed by atoms with van der Waals surface area (Å²) in [6.45, 7) is 0.927. The van der Waals surface area contributed by atoms with Crippen LogP contribution >= 0.6 is 0 Å². The van der Waals surface area contributed by atoms with Gasteiger partial charge in [0.25, 0.3) is 5.91 Å². The normalized spacial score (nSPS) is 19.8. The molecule has 1 aliphatic rings. The molecule has 0 saturated carbocycles. The van der Waals surface area contributed by atoms with Crippen LogP contribution in [0.5, 0.6) is 5.75 Å². The van der Waals surface area contributed by atoms with E-state index >= 15 is 0 Å². The molecule has 134 valence electrons. The van der Waals surface area contributed by atoms with Crippen molar-refractivity contribution in [3.8, 4) is 5.75 Å². The fourth-order valence-electron chi connectivity index (χ4n) is 3.22. The number of ether oxygens (including phenoxy) is 2. The smallest absolute Gasteiger partial charge is 0.254 e. The number of carbonyl (C=O) groups excluding carboxylic acids is 1. The third-order valence-electron chi connectivity index (χ3n) is 4.61. The summed E-state index contributed by atoms with van der Waals surface area (Å²) in [6, 6.07) is 8.91. The van der Waals surface area contributed by atoms with Crippen molar-refractivity contribution >= 4 is 16.9 Å². The molecule has 2 aromatic heterocycles. The lowest BCUT2D eigenvalue weighted by atomic mass is 10.1. The van der Waals surface area contributed by atoms with Gasteiger partial charge >= 0.3 is 0 Å². The Balaban J connectivity index is 1.52. The van der Waals surface area contributed by atoms with Crippen molar-refractivity contribution in [2.45, 2.75) is 18.6 Å². The minimum Gasteiger partial charge on any atom is -0.490 e. The maximum Gasteiger partial charge on any atom is 0.254 e. The van der Waals surface area contributed by atoms with E-state index in [9.17, 15) is 4.79 Å². The van der Waals surface area contributed by atoms with Crippen LogP contribution in [0, 0.1) is 0 Å². The molecule has 1 aliphatic heterocycles. The molecule has 1 fully saturated rings. The maximum absolute atomic E-state index is 13.0. The van der Waals surface area contributed by atoms with E-state index in [1.807, 2.05) is 17.0 Å². The van der Waals surface area contributed by atoms with Crippen LogP contribution in [-0.2, 0) is 4.74 Å². The first-order valence-corrected chi connectivity index (χ1v) is 8.41. The van der Waals surface area contributed by atoms with Gasteiger partial charge < -0.3 is 14.4 Å². The summed E-state index contributed by atoms with van der Waals surface area (Å²) in [5, 5.41) is 10.6. The van der Waals surface area contributed by atoms with E-state index in [1.54, 1.807) is 37.7 Å². The fourth-order valence-corrected chi connectivity index (χ4v) is 3.22. The van der Waals surface area contributed by atoms with Gasteiger partial charge in [0.05, 0.1) is 18.3 Å². The van der Waals surface area contributed by atoms with Crippen molar-refractivity contribution in [1.82, 2.24) is 25.3 Å². The zero-order valence-corrected chi connectivity index (χ0v) is 14.3. The molecular weight excluding hydrogens is 334 g/mol. The Labute approximate surface area is 150 Å². The summed E-state index contributed by atoms with van der Waals surface area (Å²) in [7, 11) is 1.67. The molecule has 4 rings (SSSR count). The lowest BCUT2D eigenvalue weighted by molar-refractivity contribution is 0.0658. The number of H-pyrrole nitrogens is 1. The highest BCUT2D eigenvalue weighted by Gasteiger charge is 2.36. The lowest BCUT2D eigenvalue weighted by Crippen LogP contribution is -2.39. The maximum atomic E-state index is 13.0. The van der Waals surface area contributed by atoms with Gasteiger partial charge in [0.15, 0.2) is 0 Å². The minimum atomic E-state index is -0.0688. The van der Waals surface area contributed by atoms with E-state index in [0.29, 0.717) is 30.0 Å². The van der Waals surface area contributed by atoms with Crippen LogP contribution in [-0.4, -0.2) is 63.6 Å². The number of fused-ring (bicyclic) bond motifs is 1. The van der Waals surface area contributed by atoms with Crippen molar-refractivity contribution in [2.24, 2.45) is 0 Å². The van der Waals surface area contributed by atoms with Crippen molar-refractivity contribution in [3.05, 3.63) is 48.3 Å². The number of rotatable bonds is 5. The summed E-state index contributed by atoms with van der Waals surface area (Å²) in [4.78, 5) is 18.9. The molecular formula is C18H19N5O3. The molecule has 26 heavy (non-hydrogen) atoms.